The van der Waals surface area contributed by atoms with E-state index in [0.717, 1.165) is 18.1 Å². The highest BCUT2D eigenvalue weighted by Gasteiger charge is 2.06. The number of hydrogen-bond donors (Lipinski definition) is 1. The van der Waals surface area contributed by atoms with Crippen LogP contribution in [0.5, 0.6) is 0 Å². The minimum absolute atomic E-state index is 0.483. The van der Waals surface area contributed by atoms with Gasteiger partial charge in [0.05, 0.1) is 6.54 Å². The monoisotopic (exact) mass is 235 g/mol. The molecule has 86 valence electrons. The smallest absolute Gasteiger partial charge is 0.135 e. The van der Waals surface area contributed by atoms with Crippen LogP contribution in [0.1, 0.15) is 24.5 Å². The van der Waals surface area contributed by atoms with Crippen molar-refractivity contribution in [3.63, 3.8) is 0 Å². The average molecular weight is 235 g/mol. The molecule has 0 aliphatic rings. The Morgan fingerprint density at radius 2 is 2.19 bits per heavy atom. The fourth-order valence-electron chi connectivity index (χ4n) is 1.51. The van der Waals surface area contributed by atoms with E-state index in [9.17, 15) is 0 Å². The van der Waals surface area contributed by atoms with Gasteiger partial charge in [0.1, 0.15) is 11.5 Å². The number of furan rings is 1. The second-order valence-electron chi connectivity index (χ2n) is 4.25. The highest BCUT2D eigenvalue weighted by Crippen LogP contribution is 2.26. The number of hydrogen-bond acceptors (Lipinski definition) is 3. The fourth-order valence-corrected chi connectivity index (χ4v) is 2.20. The van der Waals surface area contributed by atoms with Gasteiger partial charge in [-0.05, 0) is 25.1 Å². The van der Waals surface area contributed by atoms with Crippen molar-refractivity contribution in [2.24, 2.45) is 0 Å². The van der Waals surface area contributed by atoms with E-state index in [2.05, 4.69) is 37.5 Å². The van der Waals surface area contributed by atoms with Crippen LogP contribution in [0.2, 0.25) is 0 Å². The Hall–Kier alpha value is -1.06. The minimum Gasteiger partial charge on any atom is -0.460 e. The molecule has 0 aromatic carbocycles. The van der Waals surface area contributed by atoms with Gasteiger partial charge in [-0.15, -0.1) is 11.3 Å². The van der Waals surface area contributed by atoms with Crippen LogP contribution in [-0.4, -0.2) is 6.04 Å². The van der Waals surface area contributed by atoms with Gasteiger partial charge in [0.25, 0.3) is 0 Å². The van der Waals surface area contributed by atoms with Crippen molar-refractivity contribution in [3.8, 4) is 11.3 Å². The average Bonchev–Trinajstić information content (AvgIpc) is 2.83. The van der Waals surface area contributed by atoms with Crippen LogP contribution >= 0.6 is 11.3 Å². The number of nitrogens with one attached hydrogen (secondary N) is 1. The van der Waals surface area contributed by atoms with Gasteiger partial charge in [-0.3, -0.25) is 0 Å². The molecule has 0 radical (unpaired) electrons. The van der Waals surface area contributed by atoms with E-state index in [1.165, 1.54) is 10.4 Å². The van der Waals surface area contributed by atoms with Gasteiger partial charge < -0.3 is 9.73 Å². The molecule has 0 bridgehead atoms. The van der Waals surface area contributed by atoms with Crippen LogP contribution in [0.4, 0.5) is 0 Å². The maximum atomic E-state index is 5.78. The Morgan fingerprint density at radius 3 is 2.81 bits per heavy atom. The number of aryl methyl sites for hydroxylation is 1. The Kier molecular flexibility index (Phi) is 3.46. The van der Waals surface area contributed by atoms with E-state index in [1.807, 2.05) is 12.1 Å². The number of thiophene rings is 1. The molecule has 0 saturated carbocycles. The van der Waals surface area contributed by atoms with Gasteiger partial charge >= 0.3 is 0 Å². The summed E-state index contributed by atoms with van der Waals surface area (Å²) in [6, 6.07) is 6.72. The topological polar surface area (TPSA) is 25.2 Å². The lowest BCUT2D eigenvalue weighted by Gasteiger charge is -2.04. The van der Waals surface area contributed by atoms with Crippen molar-refractivity contribution in [1.82, 2.24) is 5.32 Å². The zero-order chi connectivity index (χ0) is 11.5. The summed E-state index contributed by atoms with van der Waals surface area (Å²) in [6.07, 6.45) is 0. The fraction of sp³-hybridized carbons (Fsp3) is 0.385. The Balaban J connectivity index is 2.07. The van der Waals surface area contributed by atoms with Crippen molar-refractivity contribution in [3.05, 3.63) is 34.2 Å². The first-order valence-electron chi connectivity index (χ1n) is 5.53. The van der Waals surface area contributed by atoms with Crippen LogP contribution in [0.3, 0.4) is 0 Å². The minimum atomic E-state index is 0.483. The molecule has 2 aromatic heterocycles. The van der Waals surface area contributed by atoms with E-state index < -0.39 is 0 Å². The van der Waals surface area contributed by atoms with Crippen LogP contribution < -0.4 is 5.32 Å². The summed E-state index contributed by atoms with van der Waals surface area (Å²) >= 11 is 1.75. The van der Waals surface area contributed by atoms with Gasteiger partial charge in [-0.1, -0.05) is 13.8 Å². The van der Waals surface area contributed by atoms with E-state index in [4.69, 9.17) is 4.42 Å². The summed E-state index contributed by atoms with van der Waals surface area (Å²) in [5.41, 5.74) is 1.18. The van der Waals surface area contributed by atoms with Gasteiger partial charge in [-0.2, -0.15) is 0 Å². The van der Waals surface area contributed by atoms with E-state index in [1.54, 1.807) is 11.3 Å². The zero-order valence-electron chi connectivity index (χ0n) is 9.91. The third-order valence-electron chi connectivity index (χ3n) is 2.36. The van der Waals surface area contributed by atoms with Crippen LogP contribution in [0.15, 0.2) is 28.0 Å². The Labute approximate surface area is 100 Å². The largest absolute Gasteiger partial charge is 0.460 e. The van der Waals surface area contributed by atoms with E-state index in [-0.39, 0.29) is 0 Å². The highest BCUT2D eigenvalue weighted by molar-refractivity contribution is 7.10. The van der Waals surface area contributed by atoms with E-state index in [0.29, 0.717) is 6.04 Å². The lowest BCUT2D eigenvalue weighted by Crippen LogP contribution is -2.21. The lowest BCUT2D eigenvalue weighted by molar-refractivity contribution is 0.473. The Bertz CT molecular complexity index is 456. The SMILES string of the molecule is Cc1cc(-c2ccc(CNC(C)C)o2)cs1. The molecule has 0 saturated heterocycles. The van der Waals surface area contributed by atoms with Gasteiger partial charge in [0.15, 0.2) is 0 Å². The van der Waals surface area contributed by atoms with Crippen molar-refractivity contribution < 1.29 is 4.42 Å². The maximum absolute atomic E-state index is 5.78. The first kappa shape index (κ1) is 11.4. The molecule has 2 heterocycles. The van der Waals surface area contributed by atoms with E-state index >= 15 is 0 Å². The molecular weight excluding hydrogens is 218 g/mol. The molecule has 0 aliphatic carbocycles. The highest BCUT2D eigenvalue weighted by atomic mass is 32.1. The standard InChI is InChI=1S/C13H17NOS/c1-9(2)14-7-12-4-5-13(15-12)11-6-10(3)16-8-11/h4-6,8-9,14H,7H2,1-3H3. The van der Waals surface area contributed by atoms with Crippen molar-refractivity contribution in [2.75, 3.05) is 0 Å². The number of rotatable bonds is 4. The normalized spacial score (nSPS) is 11.2. The third kappa shape index (κ3) is 2.74. The molecule has 0 atom stereocenters. The third-order valence-corrected chi connectivity index (χ3v) is 3.22. The lowest BCUT2D eigenvalue weighted by atomic mass is 10.2. The molecule has 16 heavy (non-hydrogen) atoms. The maximum Gasteiger partial charge on any atom is 0.135 e. The second kappa shape index (κ2) is 4.85. The molecule has 0 fully saturated rings. The summed E-state index contributed by atoms with van der Waals surface area (Å²) in [5, 5.41) is 5.47. The van der Waals surface area contributed by atoms with Crippen molar-refractivity contribution >= 4 is 11.3 Å². The van der Waals surface area contributed by atoms with Crippen molar-refractivity contribution in [2.45, 2.75) is 33.4 Å². The summed E-state index contributed by atoms with van der Waals surface area (Å²) < 4.78 is 5.78. The molecule has 0 amide bonds. The van der Waals surface area contributed by atoms with Crippen LogP contribution in [-0.2, 0) is 6.54 Å². The quantitative estimate of drug-likeness (QED) is 0.871. The predicted molar refractivity (Wildman–Crippen MR) is 68.7 cm³/mol. The molecule has 0 unspecified atom stereocenters. The van der Waals surface area contributed by atoms with Crippen molar-refractivity contribution in [1.29, 1.82) is 0 Å². The molecule has 3 heteroatoms. The summed E-state index contributed by atoms with van der Waals surface area (Å²) in [7, 11) is 0. The molecule has 2 rings (SSSR count). The van der Waals surface area contributed by atoms with Gasteiger partial charge in [0.2, 0.25) is 0 Å². The molecule has 2 nitrogen and oxygen atoms in total. The molecule has 1 N–H and O–H groups in total. The molecular formula is C13H17NOS. The zero-order valence-corrected chi connectivity index (χ0v) is 10.7. The second-order valence-corrected chi connectivity index (χ2v) is 5.36. The predicted octanol–water partition coefficient (Wildman–Crippen LogP) is 3.81. The first-order chi connectivity index (χ1) is 7.65. The molecule has 2 aromatic rings. The van der Waals surface area contributed by atoms with Gasteiger partial charge in [0, 0.05) is 21.9 Å². The van der Waals surface area contributed by atoms with Crippen LogP contribution in [0.25, 0.3) is 11.3 Å². The molecule has 0 aliphatic heterocycles. The molecule has 0 spiro atoms. The summed E-state index contributed by atoms with van der Waals surface area (Å²) in [5.74, 6) is 1.96. The van der Waals surface area contributed by atoms with Gasteiger partial charge in [-0.25, -0.2) is 0 Å². The summed E-state index contributed by atoms with van der Waals surface area (Å²) in [6.45, 7) is 7.16. The Morgan fingerprint density at radius 1 is 1.38 bits per heavy atom. The summed E-state index contributed by atoms with van der Waals surface area (Å²) in [4.78, 5) is 1.31. The van der Waals surface area contributed by atoms with Crippen LogP contribution in [0, 0.1) is 6.92 Å². The first-order valence-corrected chi connectivity index (χ1v) is 6.40.